The van der Waals surface area contributed by atoms with Crippen molar-refractivity contribution in [3.63, 3.8) is 0 Å². The number of benzene rings is 2. The Labute approximate surface area is 213 Å². The molecule has 0 atom stereocenters. The third-order valence-corrected chi connectivity index (χ3v) is 6.68. The lowest BCUT2D eigenvalue weighted by atomic mass is 10.2. The molecule has 0 spiro atoms. The number of likely N-dealkylation sites (N-methyl/N-ethyl adjacent to an activating group) is 1. The van der Waals surface area contributed by atoms with Crippen molar-refractivity contribution in [1.29, 1.82) is 5.26 Å². The van der Waals surface area contributed by atoms with Gasteiger partial charge < -0.3 is 15.0 Å². The summed E-state index contributed by atoms with van der Waals surface area (Å²) >= 11 is 13.6. The van der Waals surface area contributed by atoms with Gasteiger partial charge in [0.15, 0.2) is 0 Å². The Morgan fingerprint density at radius 3 is 2.59 bits per heavy atom. The number of hydrogen-bond donors (Lipinski definition) is 2. The van der Waals surface area contributed by atoms with Crippen molar-refractivity contribution < 1.29 is 14.4 Å². The Morgan fingerprint density at radius 1 is 1.21 bits per heavy atom. The minimum Gasteiger partial charge on any atom is -0.456 e. The van der Waals surface area contributed by atoms with Crippen LogP contribution in [0.15, 0.2) is 54.0 Å². The monoisotopic (exact) mass is 515 g/mol. The van der Waals surface area contributed by atoms with Gasteiger partial charge in [-0.3, -0.25) is 0 Å². The number of aromatic nitrogens is 1. The van der Waals surface area contributed by atoms with E-state index in [1.165, 1.54) is 16.2 Å². The summed E-state index contributed by atoms with van der Waals surface area (Å²) in [6, 6.07) is 14.3. The van der Waals surface area contributed by atoms with Gasteiger partial charge in [-0.05, 0) is 56.3 Å². The lowest BCUT2D eigenvalue weighted by Gasteiger charge is -2.15. The molecule has 0 aliphatic rings. The Balaban J connectivity index is 1.62. The van der Waals surface area contributed by atoms with Gasteiger partial charge in [0, 0.05) is 27.9 Å². The first kappa shape index (κ1) is 25.7. The van der Waals surface area contributed by atoms with E-state index < -0.39 is 0 Å². The van der Waals surface area contributed by atoms with Gasteiger partial charge in [0.25, 0.3) is 0 Å². The zero-order valence-corrected chi connectivity index (χ0v) is 21.2. The van der Waals surface area contributed by atoms with Crippen molar-refractivity contribution in [3.8, 4) is 17.3 Å². The summed E-state index contributed by atoms with van der Waals surface area (Å²) < 4.78 is 5.37. The average Bonchev–Trinajstić information content (AvgIpc) is 3.32. The van der Waals surface area contributed by atoms with Crippen LogP contribution in [0.2, 0.25) is 10.0 Å². The highest BCUT2D eigenvalue weighted by molar-refractivity contribution is 7.11. The van der Waals surface area contributed by atoms with Crippen LogP contribution in [0, 0.1) is 11.3 Å². The fraction of sp³-hybridized carbons (Fsp3) is 0.240. The van der Waals surface area contributed by atoms with Gasteiger partial charge in [-0.15, -0.1) is 11.3 Å². The van der Waals surface area contributed by atoms with Crippen LogP contribution < -0.4 is 10.2 Å². The summed E-state index contributed by atoms with van der Waals surface area (Å²) in [6.07, 6.45) is 1.59. The summed E-state index contributed by atoms with van der Waals surface area (Å²) in [4.78, 5) is 18.2. The van der Waals surface area contributed by atoms with Gasteiger partial charge in [0.05, 0.1) is 29.4 Å². The number of carbonyl (C=O) groups is 1. The van der Waals surface area contributed by atoms with Gasteiger partial charge in [0.2, 0.25) is 0 Å². The van der Waals surface area contributed by atoms with Gasteiger partial charge in [0.1, 0.15) is 29.8 Å². The average molecular weight is 516 g/mol. The molecule has 3 aromatic rings. The van der Waals surface area contributed by atoms with Crippen LogP contribution in [0.4, 0.5) is 5.69 Å². The maximum atomic E-state index is 12.2. The predicted molar refractivity (Wildman–Crippen MR) is 138 cm³/mol. The van der Waals surface area contributed by atoms with Crippen LogP contribution in [-0.2, 0) is 4.74 Å². The molecule has 0 saturated heterocycles. The molecule has 0 saturated carbocycles. The van der Waals surface area contributed by atoms with E-state index in [1.54, 1.807) is 48.7 Å². The first-order chi connectivity index (χ1) is 16.4. The lowest BCUT2D eigenvalue weighted by Crippen LogP contribution is -3.11. The number of thiazole rings is 1. The number of carbonyl (C=O) groups excluding carboxylic acids is 1. The quantitative estimate of drug-likeness (QED) is 0.287. The molecular formula is C25H25Cl2N4O2S+. The van der Waals surface area contributed by atoms with Crippen LogP contribution in [-0.4, -0.2) is 37.2 Å². The van der Waals surface area contributed by atoms with Gasteiger partial charge in [-0.2, -0.15) is 5.26 Å². The van der Waals surface area contributed by atoms with Gasteiger partial charge in [-0.25, -0.2) is 9.78 Å². The minimum atomic E-state index is -0.345. The van der Waals surface area contributed by atoms with E-state index in [4.69, 9.17) is 27.9 Å². The first-order valence-electron chi connectivity index (χ1n) is 10.8. The number of nitrogens with zero attached hydrogens (tertiary/aromatic N) is 2. The van der Waals surface area contributed by atoms with E-state index in [2.05, 4.69) is 30.2 Å². The molecule has 0 radical (unpaired) electrons. The number of halogens is 2. The van der Waals surface area contributed by atoms with E-state index in [0.717, 1.165) is 30.9 Å². The number of esters is 1. The molecular weight excluding hydrogens is 491 g/mol. The summed E-state index contributed by atoms with van der Waals surface area (Å²) in [7, 11) is 0. The number of rotatable bonds is 10. The molecule has 6 nitrogen and oxygen atoms in total. The van der Waals surface area contributed by atoms with Crippen molar-refractivity contribution in [2.75, 3.05) is 31.6 Å². The Morgan fingerprint density at radius 2 is 1.94 bits per heavy atom. The van der Waals surface area contributed by atoms with E-state index in [-0.39, 0.29) is 5.97 Å². The first-order valence-corrected chi connectivity index (χ1v) is 12.5. The molecule has 9 heteroatoms. The van der Waals surface area contributed by atoms with Crippen molar-refractivity contribution in [3.05, 3.63) is 74.7 Å². The highest BCUT2D eigenvalue weighted by atomic mass is 35.5. The molecule has 2 N–H and O–H groups in total. The molecule has 3 rings (SSSR count). The molecule has 0 fully saturated rings. The molecule has 0 bridgehead atoms. The largest absolute Gasteiger partial charge is 0.456 e. The number of ether oxygens (including phenoxy) is 1. The molecule has 0 unspecified atom stereocenters. The molecule has 0 amide bonds. The Hall–Kier alpha value is -2.89. The van der Waals surface area contributed by atoms with Gasteiger partial charge >= 0.3 is 5.97 Å². The molecule has 34 heavy (non-hydrogen) atoms. The number of nitriles is 1. The SMILES string of the molecule is CC[NH+](CC)CCOC(=O)c1ccc(N/C=C(/C#N)c2nc(-c3ccc(Cl)cc3Cl)cs2)cc1. The molecule has 0 aliphatic carbocycles. The number of allylic oxidation sites excluding steroid dienone is 1. The van der Waals surface area contributed by atoms with Gasteiger partial charge in [-0.1, -0.05) is 23.2 Å². The normalized spacial score (nSPS) is 11.4. The van der Waals surface area contributed by atoms with Crippen LogP contribution in [0.3, 0.4) is 0 Å². The molecule has 1 heterocycles. The summed E-state index contributed by atoms with van der Waals surface area (Å²) in [5.74, 6) is -0.345. The second kappa shape index (κ2) is 12.5. The second-order valence-electron chi connectivity index (χ2n) is 7.40. The summed E-state index contributed by atoms with van der Waals surface area (Å²) in [6.45, 7) is 7.42. The zero-order chi connectivity index (χ0) is 24.5. The van der Waals surface area contributed by atoms with E-state index in [9.17, 15) is 10.1 Å². The molecule has 1 aromatic heterocycles. The highest BCUT2D eigenvalue weighted by Crippen LogP contribution is 2.32. The standard InChI is InChI=1S/C25H24Cl2N4O2S/c1-3-31(4-2)11-12-33-25(32)17-5-8-20(9-6-17)29-15-18(14-28)24-30-23(16-34-24)21-10-7-19(26)13-22(21)27/h5-10,13,15-16,29H,3-4,11-12H2,1-2H3/p+1/b18-15-. The van der Waals surface area contributed by atoms with Crippen LogP contribution in [0.1, 0.15) is 29.2 Å². The van der Waals surface area contributed by atoms with Crippen LogP contribution >= 0.6 is 34.5 Å². The Bertz CT molecular complexity index is 1200. The third kappa shape index (κ3) is 6.81. The van der Waals surface area contributed by atoms with E-state index in [0.29, 0.717) is 38.5 Å². The third-order valence-electron chi connectivity index (χ3n) is 5.25. The number of quaternary nitrogens is 1. The number of hydrogen-bond acceptors (Lipinski definition) is 6. The topological polar surface area (TPSA) is 79.5 Å². The number of nitrogens with one attached hydrogen (secondary N) is 2. The summed E-state index contributed by atoms with van der Waals surface area (Å²) in [5.41, 5.74) is 3.01. The van der Waals surface area contributed by atoms with Crippen molar-refractivity contribution in [1.82, 2.24) is 4.98 Å². The van der Waals surface area contributed by atoms with Crippen LogP contribution in [0.25, 0.3) is 16.8 Å². The van der Waals surface area contributed by atoms with E-state index >= 15 is 0 Å². The Kier molecular flexibility index (Phi) is 9.49. The van der Waals surface area contributed by atoms with E-state index in [1.807, 2.05) is 5.38 Å². The number of anilines is 1. The molecule has 0 aliphatic heterocycles. The lowest BCUT2D eigenvalue weighted by molar-refractivity contribution is -0.896. The minimum absolute atomic E-state index is 0.345. The molecule has 176 valence electrons. The van der Waals surface area contributed by atoms with Crippen molar-refractivity contribution in [2.45, 2.75) is 13.8 Å². The maximum Gasteiger partial charge on any atom is 0.338 e. The fourth-order valence-electron chi connectivity index (χ4n) is 3.19. The smallest absolute Gasteiger partial charge is 0.338 e. The highest BCUT2D eigenvalue weighted by Gasteiger charge is 2.12. The second-order valence-corrected chi connectivity index (χ2v) is 9.10. The molecule has 2 aromatic carbocycles. The van der Waals surface area contributed by atoms with Crippen molar-refractivity contribution in [2.24, 2.45) is 0 Å². The zero-order valence-electron chi connectivity index (χ0n) is 18.9. The fourth-order valence-corrected chi connectivity index (χ4v) is 4.48. The van der Waals surface area contributed by atoms with Crippen molar-refractivity contribution >= 4 is 51.8 Å². The summed E-state index contributed by atoms with van der Waals surface area (Å²) in [5, 5.41) is 16.1. The maximum absolute atomic E-state index is 12.2. The predicted octanol–water partition coefficient (Wildman–Crippen LogP) is 5.17. The van der Waals surface area contributed by atoms with Crippen LogP contribution in [0.5, 0.6) is 0 Å².